The van der Waals surface area contributed by atoms with Gasteiger partial charge in [0.1, 0.15) is 0 Å². The Morgan fingerprint density at radius 1 is 1.44 bits per heavy atom. The van der Waals surface area contributed by atoms with Crippen molar-refractivity contribution in [1.29, 1.82) is 0 Å². The van der Waals surface area contributed by atoms with E-state index >= 15 is 0 Å². The first-order chi connectivity index (χ1) is 7.67. The fraction of sp³-hybridized carbons (Fsp3) is 0.769. The minimum Gasteiger partial charge on any atom is -0.389 e. The standard InChI is InChI=1S/C13H22N2O/c1-3-12(4-2)15-9-6-11(14-15)10-13(16)7-5-8-13/h6,9,12,16H,3-5,7-8,10H2,1-2H3. The molecule has 3 heteroatoms. The monoisotopic (exact) mass is 222 g/mol. The topological polar surface area (TPSA) is 38.0 Å². The Balaban J connectivity index is 2.01. The molecule has 16 heavy (non-hydrogen) atoms. The Hall–Kier alpha value is -0.830. The van der Waals surface area contributed by atoms with E-state index in [1.807, 2.05) is 0 Å². The van der Waals surface area contributed by atoms with Crippen LogP contribution in [0, 0.1) is 0 Å². The highest BCUT2D eigenvalue weighted by Crippen LogP contribution is 2.34. The summed E-state index contributed by atoms with van der Waals surface area (Å²) in [6.07, 6.45) is 8.03. The van der Waals surface area contributed by atoms with E-state index in [1.54, 1.807) is 0 Å². The molecule has 0 unspecified atom stereocenters. The van der Waals surface area contributed by atoms with Crippen LogP contribution in [-0.4, -0.2) is 20.5 Å². The molecule has 0 radical (unpaired) electrons. The fourth-order valence-electron chi connectivity index (χ4n) is 2.44. The maximum atomic E-state index is 10.1. The summed E-state index contributed by atoms with van der Waals surface area (Å²) in [6, 6.07) is 2.55. The van der Waals surface area contributed by atoms with Crippen molar-refractivity contribution in [2.45, 2.75) is 64.0 Å². The second-order valence-electron chi connectivity index (χ2n) is 5.01. The van der Waals surface area contributed by atoms with Gasteiger partial charge in [0.2, 0.25) is 0 Å². The van der Waals surface area contributed by atoms with Crippen molar-refractivity contribution >= 4 is 0 Å². The van der Waals surface area contributed by atoms with Gasteiger partial charge in [-0.1, -0.05) is 13.8 Å². The molecule has 0 aliphatic heterocycles. The molecule has 3 nitrogen and oxygen atoms in total. The summed E-state index contributed by atoms with van der Waals surface area (Å²) in [5, 5.41) is 14.7. The molecule has 0 spiro atoms. The average molecular weight is 222 g/mol. The largest absolute Gasteiger partial charge is 0.389 e. The molecular weight excluding hydrogens is 200 g/mol. The Labute approximate surface area is 97.5 Å². The van der Waals surface area contributed by atoms with Crippen LogP contribution in [0.1, 0.15) is 57.7 Å². The second-order valence-corrected chi connectivity index (χ2v) is 5.01. The third kappa shape index (κ3) is 2.29. The Bertz CT molecular complexity index is 337. The highest BCUT2D eigenvalue weighted by atomic mass is 16.3. The summed E-state index contributed by atoms with van der Waals surface area (Å²) in [6.45, 7) is 4.38. The number of aromatic nitrogens is 2. The highest BCUT2D eigenvalue weighted by Gasteiger charge is 2.35. The highest BCUT2D eigenvalue weighted by molar-refractivity contribution is 5.06. The van der Waals surface area contributed by atoms with Gasteiger partial charge in [-0.15, -0.1) is 0 Å². The molecule has 1 aliphatic rings. The van der Waals surface area contributed by atoms with Gasteiger partial charge >= 0.3 is 0 Å². The van der Waals surface area contributed by atoms with E-state index in [4.69, 9.17) is 0 Å². The predicted octanol–water partition coefficient (Wildman–Crippen LogP) is 2.70. The molecule has 90 valence electrons. The average Bonchev–Trinajstić information content (AvgIpc) is 2.66. The van der Waals surface area contributed by atoms with Gasteiger partial charge in [0.05, 0.1) is 17.3 Å². The van der Waals surface area contributed by atoms with Gasteiger partial charge in [-0.3, -0.25) is 4.68 Å². The smallest absolute Gasteiger partial charge is 0.0703 e. The summed E-state index contributed by atoms with van der Waals surface area (Å²) in [5.74, 6) is 0. The Kier molecular flexibility index (Phi) is 3.33. The molecule has 1 N–H and O–H groups in total. The van der Waals surface area contributed by atoms with Crippen LogP contribution in [0.5, 0.6) is 0 Å². The van der Waals surface area contributed by atoms with Crippen LogP contribution in [0.2, 0.25) is 0 Å². The molecule has 0 amide bonds. The lowest BCUT2D eigenvalue weighted by molar-refractivity contribution is -0.0331. The van der Waals surface area contributed by atoms with Crippen LogP contribution in [0.15, 0.2) is 12.3 Å². The lowest BCUT2D eigenvalue weighted by Crippen LogP contribution is -2.39. The maximum absolute atomic E-state index is 10.1. The van der Waals surface area contributed by atoms with Crippen LogP contribution in [0.25, 0.3) is 0 Å². The van der Waals surface area contributed by atoms with E-state index in [0.29, 0.717) is 6.04 Å². The van der Waals surface area contributed by atoms with Crippen molar-refractivity contribution in [3.8, 4) is 0 Å². The van der Waals surface area contributed by atoms with Gasteiger partial charge in [-0.05, 0) is 38.2 Å². The van der Waals surface area contributed by atoms with E-state index in [9.17, 15) is 5.11 Å². The zero-order valence-corrected chi connectivity index (χ0v) is 10.3. The first-order valence-corrected chi connectivity index (χ1v) is 6.43. The Morgan fingerprint density at radius 2 is 2.12 bits per heavy atom. The first-order valence-electron chi connectivity index (χ1n) is 6.43. The van der Waals surface area contributed by atoms with Gasteiger partial charge in [0.15, 0.2) is 0 Å². The lowest BCUT2D eigenvalue weighted by Gasteiger charge is -2.36. The summed E-state index contributed by atoms with van der Waals surface area (Å²) < 4.78 is 2.05. The minimum atomic E-state index is -0.451. The van der Waals surface area contributed by atoms with Crippen molar-refractivity contribution < 1.29 is 5.11 Å². The molecule has 0 saturated heterocycles. The molecule has 1 aromatic rings. The van der Waals surface area contributed by atoms with E-state index in [2.05, 4.69) is 35.9 Å². The van der Waals surface area contributed by atoms with Crippen LogP contribution < -0.4 is 0 Å². The zero-order valence-electron chi connectivity index (χ0n) is 10.3. The van der Waals surface area contributed by atoms with Gasteiger partial charge in [-0.2, -0.15) is 5.10 Å². The molecule has 0 aromatic carbocycles. The second kappa shape index (κ2) is 4.58. The van der Waals surface area contributed by atoms with E-state index in [1.165, 1.54) is 0 Å². The normalized spacial score (nSPS) is 18.8. The van der Waals surface area contributed by atoms with E-state index in [-0.39, 0.29) is 0 Å². The molecule has 1 saturated carbocycles. The molecule has 1 aromatic heterocycles. The maximum Gasteiger partial charge on any atom is 0.0703 e. The van der Waals surface area contributed by atoms with Crippen LogP contribution >= 0.6 is 0 Å². The fourth-order valence-corrected chi connectivity index (χ4v) is 2.44. The molecule has 2 rings (SSSR count). The van der Waals surface area contributed by atoms with Gasteiger partial charge in [0.25, 0.3) is 0 Å². The van der Waals surface area contributed by atoms with Crippen LogP contribution in [0.4, 0.5) is 0 Å². The first kappa shape index (κ1) is 11.6. The SMILES string of the molecule is CCC(CC)n1ccc(CC2(O)CCC2)n1. The third-order valence-electron chi connectivity index (χ3n) is 3.77. The molecule has 0 bridgehead atoms. The van der Waals surface area contributed by atoms with E-state index in [0.717, 1.165) is 44.2 Å². The van der Waals surface area contributed by atoms with Crippen molar-refractivity contribution in [2.24, 2.45) is 0 Å². The minimum absolute atomic E-state index is 0.451. The number of hydrogen-bond donors (Lipinski definition) is 1. The third-order valence-corrected chi connectivity index (χ3v) is 3.77. The van der Waals surface area contributed by atoms with Crippen LogP contribution in [0.3, 0.4) is 0 Å². The molecule has 1 fully saturated rings. The lowest BCUT2D eigenvalue weighted by atomic mass is 9.77. The Morgan fingerprint density at radius 3 is 2.62 bits per heavy atom. The van der Waals surface area contributed by atoms with Crippen molar-refractivity contribution in [1.82, 2.24) is 9.78 Å². The van der Waals surface area contributed by atoms with Gasteiger partial charge in [-0.25, -0.2) is 0 Å². The number of hydrogen-bond acceptors (Lipinski definition) is 2. The quantitative estimate of drug-likeness (QED) is 0.831. The predicted molar refractivity (Wildman–Crippen MR) is 64.4 cm³/mol. The summed E-state index contributed by atoms with van der Waals surface area (Å²) in [4.78, 5) is 0. The molecule has 1 aliphatic carbocycles. The van der Waals surface area contributed by atoms with Gasteiger partial charge in [0, 0.05) is 12.6 Å². The molecular formula is C13H22N2O. The van der Waals surface area contributed by atoms with Crippen molar-refractivity contribution in [3.05, 3.63) is 18.0 Å². The zero-order chi connectivity index (χ0) is 11.6. The summed E-state index contributed by atoms with van der Waals surface area (Å²) in [7, 11) is 0. The van der Waals surface area contributed by atoms with Gasteiger partial charge < -0.3 is 5.11 Å². The summed E-state index contributed by atoms with van der Waals surface area (Å²) >= 11 is 0. The number of rotatable bonds is 5. The van der Waals surface area contributed by atoms with E-state index < -0.39 is 5.60 Å². The number of aliphatic hydroxyl groups is 1. The summed E-state index contributed by atoms with van der Waals surface area (Å²) in [5.41, 5.74) is 0.585. The van der Waals surface area contributed by atoms with Crippen LogP contribution in [-0.2, 0) is 6.42 Å². The van der Waals surface area contributed by atoms with Crippen molar-refractivity contribution in [2.75, 3.05) is 0 Å². The van der Waals surface area contributed by atoms with Crippen molar-refractivity contribution in [3.63, 3.8) is 0 Å². The molecule has 0 atom stereocenters. The molecule has 1 heterocycles. The number of nitrogens with zero attached hydrogens (tertiary/aromatic N) is 2.